The average molecular weight is 285 g/mol. The molecule has 0 saturated heterocycles. The van der Waals surface area contributed by atoms with Crippen molar-refractivity contribution >= 4 is 21.8 Å². The molecule has 0 aliphatic carbocycles. The van der Waals surface area contributed by atoms with E-state index >= 15 is 0 Å². The van der Waals surface area contributed by atoms with Gasteiger partial charge in [-0.3, -0.25) is 0 Å². The number of pyridine rings is 1. The zero-order valence-corrected chi connectivity index (χ0v) is 12.0. The first-order valence-corrected chi connectivity index (χ1v) is 7.35. The van der Waals surface area contributed by atoms with E-state index in [0.29, 0.717) is 5.75 Å². The second-order valence-electron chi connectivity index (χ2n) is 5.47. The maximum absolute atomic E-state index is 9.71. The highest BCUT2D eigenvalue weighted by Crippen LogP contribution is 2.28. The summed E-state index contributed by atoms with van der Waals surface area (Å²) < 4.78 is 0. The number of phenols is 1. The number of rotatable bonds is 2. The number of fused-ring (bicyclic) bond motifs is 2. The van der Waals surface area contributed by atoms with Crippen LogP contribution in [-0.2, 0) is 6.42 Å². The van der Waals surface area contributed by atoms with E-state index < -0.39 is 0 Å². The van der Waals surface area contributed by atoms with Crippen LogP contribution in [-0.4, -0.2) is 10.1 Å². The molecule has 0 spiro atoms. The van der Waals surface area contributed by atoms with Gasteiger partial charge in [0, 0.05) is 10.8 Å². The van der Waals surface area contributed by atoms with Gasteiger partial charge in [-0.05, 0) is 41.8 Å². The Kier molecular flexibility index (Phi) is 3.01. The lowest BCUT2D eigenvalue weighted by molar-refractivity contribution is 0.474. The van der Waals surface area contributed by atoms with Crippen LogP contribution in [0.25, 0.3) is 21.8 Å². The third-order valence-corrected chi connectivity index (χ3v) is 3.99. The van der Waals surface area contributed by atoms with Gasteiger partial charge in [0.2, 0.25) is 0 Å². The number of para-hydroxylation sites is 2. The first-order valence-electron chi connectivity index (χ1n) is 7.35. The summed E-state index contributed by atoms with van der Waals surface area (Å²) in [4.78, 5) is 4.75. The Labute approximate surface area is 128 Å². The van der Waals surface area contributed by atoms with E-state index in [1.165, 1.54) is 16.3 Å². The highest BCUT2D eigenvalue weighted by molar-refractivity contribution is 5.97. The molecule has 0 aliphatic heterocycles. The number of phenolic OH excluding ortho intramolecular Hbond substituents is 1. The molecule has 106 valence electrons. The largest absolute Gasteiger partial charge is 0.508 e. The summed E-state index contributed by atoms with van der Waals surface area (Å²) in [5, 5.41) is 12.0. The van der Waals surface area contributed by atoms with Crippen LogP contribution >= 0.6 is 0 Å². The van der Waals surface area contributed by atoms with Gasteiger partial charge in [0.15, 0.2) is 0 Å². The van der Waals surface area contributed by atoms with E-state index in [1.54, 1.807) is 6.07 Å². The summed E-state index contributed by atoms with van der Waals surface area (Å²) in [6.07, 6.45) is 0.776. The zero-order chi connectivity index (χ0) is 14.9. The van der Waals surface area contributed by atoms with Crippen molar-refractivity contribution < 1.29 is 5.11 Å². The van der Waals surface area contributed by atoms with Crippen molar-refractivity contribution in [3.05, 3.63) is 83.9 Å². The number of benzene rings is 3. The summed E-state index contributed by atoms with van der Waals surface area (Å²) in [6, 6.07) is 23.9. The fourth-order valence-electron chi connectivity index (χ4n) is 2.99. The first kappa shape index (κ1) is 12.8. The molecule has 0 bridgehead atoms. The van der Waals surface area contributed by atoms with Crippen molar-refractivity contribution in [1.82, 2.24) is 4.98 Å². The molecule has 2 nitrogen and oxygen atoms in total. The number of hydrogen-bond donors (Lipinski definition) is 1. The number of aromatic nitrogens is 1. The third kappa shape index (κ3) is 2.19. The summed E-state index contributed by atoms with van der Waals surface area (Å²) in [5.41, 5.74) is 4.38. The lowest BCUT2D eigenvalue weighted by Gasteiger charge is -2.11. The van der Waals surface area contributed by atoms with Gasteiger partial charge in [0.25, 0.3) is 0 Å². The van der Waals surface area contributed by atoms with Gasteiger partial charge in [0.1, 0.15) is 5.75 Å². The summed E-state index contributed by atoms with van der Waals surface area (Å²) >= 11 is 0. The highest BCUT2D eigenvalue weighted by Gasteiger charge is 2.09. The normalized spacial score (nSPS) is 11.1. The van der Waals surface area contributed by atoms with E-state index in [4.69, 9.17) is 4.98 Å². The Balaban J connectivity index is 2.00. The minimum atomic E-state index is 0.306. The van der Waals surface area contributed by atoms with E-state index in [1.807, 2.05) is 54.6 Å². The smallest absolute Gasteiger partial charge is 0.115 e. The van der Waals surface area contributed by atoms with Gasteiger partial charge in [-0.25, -0.2) is 4.98 Å². The van der Waals surface area contributed by atoms with Crippen molar-refractivity contribution in [2.24, 2.45) is 0 Å². The lowest BCUT2D eigenvalue weighted by atomic mass is 9.96. The summed E-state index contributed by atoms with van der Waals surface area (Å²) in [5.74, 6) is 0.306. The van der Waals surface area contributed by atoms with Crippen molar-refractivity contribution in [1.29, 1.82) is 0 Å². The van der Waals surface area contributed by atoms with Gasteiger partial charge in [-0.1, -0.05) is 48.5 Å². The Bertz CT molecular complexity index is 921. The molecule has 0 radical (unpaired) electrons. The van der Waals surface area contributed by atoms with Gasteiger partial charge < -0.3 is 5.11 Å². The monoisotopic (exact) mass is 285 g/mol. The Morgan fingerprint density at radius 2 is 1.36 bits per heavy atom. The average Bonchev–Trinajstić information content (AvgIpc) is 2.55. The van der Waals surface area contributed by atoms with E-state index in [2.05, 4.69) is 12.1 Å². The number of hydrogen-bond acceptors (Lipinski definition) is 2. The minimum Gasteiger partial charge on any atom is -0.508 e. The van der Waals surface area contributed by atoms with Crippen LogP contribution in [0.2, 0.25) is 0 Å². The van der Waals surface area contributed by atoms with Gasteiger partial charge in [-0.15, -0.1) is 0 Å². The molecule has 4 rings (SSSR count). The molecule has 3 aromatic carbocycles. The molecule has 22 heavy (non-hydrogen) atoms. The predicted molar refractivity (Wildman–Crippen MR) is 90.2 cm³/mol. The van der Waals surface area contributed by atoms with Crippen LogP contribution < -0.4 is 0 Å². The second kappa shape index (κ2) is 5.15. The molecule has 1 aromatic heterocycles. The Hall–Kier alpha value is -2.87. The van der Waals surface area contributed by atoms with Gasteiger partial charge >= 0.3 is 0 Å². The van der Waals surface area contributed by atoms with Crippen molar-refractivity contribution in [3.63, 3.8) is 0 Å². The van der Waals surface area contributed by atoms with Crippen LogP contribution in [0.4, 0.5) is 0 Å². The second-order valence-corrected chi connectivity index (χ2v) is 5.47. The van der Waals surface area contributed by atoms with E-state index in [9.17, 15) is 5.11 Å². The fraction of sp³-hybridized carbons (Fsp3) is 0.0500. The molecule has 0 amide bonds. The summed E-state index contributed by atoms with van der Waals surface area (Å²) in [7, 11) is 0. The van der Waals surface area contributed by atoms with E-state index in [0.717, 1.165) is 23.0 Å². The quantitative estimate of drug-likeness (QED) is 0.542. The maximum atomic E-state index is 9.71. The molecule has 1 N–H and O–H groups in total. The molecule has 1 heterocycles. The molecule has 0 aliphatic rings. The SMILES string of the molecule is Oc1cccc(Cc2c3ccccc3nc3ccccc23)c1. The summed E-state index contributed by atoms with van der Waals surface area (Å²) in [6.45, 7) is 0. The molecular formula is C20H15NO. The first-order chi connectivity index (χ1) is 10.8. The van der Waals surface area contributed by atoms with Crippen LogP contribution in [0.5, 0.6) is 5.75 Å². The Morgan fingerprint density at radius 1 is 0.727 bits per heavy atom. The zero-order valence-electron chi connectivity index (χ0n) is 12.0. The number of nitrogens with zero attached hydrogens (tertiary/aromatic N) is 1. The van der Waals surface area contributed by atoms with Gasteiger partial charge in [-0.2, -0.15) is 0 Å². The Morgan fingerprint density at radius 3 is 2.00 bits per heavy atom. The maximum Gasteiger partial charge on any atom is 0.115 e. The standard InChI is InChI=1S/C20H15NO/c22-15-7-5-6-14(12-15)13-18-16-8-1-3-10-19(16)21-20-11-4-2-9-17(18)20/h1-12,22H,13H2. The fourth-order valence-corrected chi connectivity index (χ4v) is 2.99. The molecular weight excluding hydrogens is 270 g/mol. The lowest BCUT2D eigenvalue weighted by Crippen LogP contribution is -1.94. The number of aromatic hydroxyl groups is 1. The third-order valence-electron chi connectivity index (χ3n) is 3.99. The predicted octanol–water partition coefficient (Wildman–Crippen LogP) is 4.68. The van der Waals surface area contributed by atoms with Crippen molar-refractivity contribution in [2.45, 2.75) is 6.42 Å². The van der Waals surface area contributed by atoms with Crippen LogP contribution in [0.15, 0.2) is 72.8 Å². The van der Waals surface area contributed by atoms with Crippen LogP contribution in [0.3, 0.4) is 0 Å². The molecule has 0 unspecified atom stereocenters. The van der Waals surface area contributed by atoms with Crippen molar-refractivity contribution in [3.8, 4) is 5.75 Å². The minimum absolute atomic E-state index is 0.306. The van der Waals surface area contributed by atoms with Crippen molar-refractivity contribution in [2.75, 3.05) is 0 Å². The van der Waals surface area contributed by atoms with Crippen LogP contribution in [0, 0.1) is 0 Å². The molecule has 4 aromatic rings. The molecule has 0 fully saturated rings. The highest BCUT2D eigenvalue weighted by atomic mass is 16.3. The molecule has 2 heteroatoms. The molecule has 0 atom stereocenters. The van der Waals surface area contributed by atoms with Crippen LogP contribution in [0.1, 0.15) is 11.1 Å². The van der Waals surface area contributed by atoms with Gasteiger partial charge in [0.05, 0.1) is 11.0 Å². The van der Waals surface area contributed by atoms with E-state index in [-0.39, 0.29) is 0 Å². The topological polar surface area (TPSA) is 33.1 Å². The molecule has 0 saturated carbocycles.